The molecule has 2 aromatic carbocycles. The van der Waals surface area contributed by atoms with Crippen LogP contribution in [-0.2, 0) is 14.4 Å². The van der Waals surface area contributed by atoms with Crippen molar-refractivity contribution in [2.75, 3.05) is 19.6 Å². The maximum Gasteiger partial charge on any atom is 0.304 e. The molecule has 1 atom stereocenters. The van der Waals surface area contributed by atoms with Crippen molar-refractivity contribution >= 4 is 86.0 Å². The fourth-order valence-corrected chi connectivity index (χ4v) is 6.07. The number of carbonyl (C=O) groups excluding carboxylic acids is 3. The number of rotatable bonds is 9. The van der Waals surface area contributed by atoms with E-state index in [-0.39, 0.29) is 18.5 Å². The van der Waals surface area contributed by atoms with Crippen LogP contribution in [-0.4, -0.2) is 59.4 Å². The molecule has 8 nitrogen and oxygen atoms in total. The fourth-order valence-electron chi connectivity index (χ4n) is 4.44. The number of piperidine rings is 1. The number of carboxylic acids is 1. The first-order valence-electron chi connectivity index (χ1n) is 12.5. The number of likely N-dealkylation sites (tertiary alicyclic amines) is 1. The summed E-state index contributed by atoms with van der Waals surface area (Å²) in [5.74, 6) is -3.21. The van der Waals surface area contributed by atoms with Gasteiger partial charge in [0.15, 0.2) is 0 Å². The molecule has 0 spiro atoms. The molecule has 0 aliphatic carbocycles. The van der Waals surface area contributed by atoms with E-state index in [0.717, 1.165) is 10.1 Å². The van der Waals surface area contributed by atoms with Crippen LogP contribution in [0.15, 0.2) is 47.9 Å². The van der Waals surface area contributed by atoms with Gasteiger partial charge in [0, 0.05) is 42.3 Å². The van der Waals surface area contributed by atoms with Crippen molar-refractivity contribution in [3.05, 3.63) is 74.0 Å². The topological polar surface area (TPSA) is 116 Å². The number of hydrogen-bond acceptors (Lipinski definition) is 5. The van der Waals surface area contributed by atoms with Crippen LogP contribution >= 0.6 is 46.1 Å². The summed E-state index contributed by atoms with van der Waals surface area (Å²) in [6.45, 7) is 0.692. The van der Waals surface area contributed by atoms with E-state index >= 15 is 0 Å². The molecule has 210 valence electrons. The van der Waals surface area contributed by atoms with Crippen molar-refractivity contribution in [3.63, 3.8) is 0 Å². The van der Waals surface area contributed by atoms with E-state index in [0.29, 0.717) is 52.1 Å². The molecule has 3 amide bonds. The molecule has 2 heterocycles. The molecule has 40 heavy (non-hydrogen) atoms. The standard InChI is InChI=1S/C28H26Cl3N3O5S/c29-20-3-1-2-18(13-20)27(38)32-15-19(14-23(36)37)28(39)33-21-6-9-34(10-7-21)22(35)5-4-16-12-17-8-11-40-26(17)25(31)24(16)30/h1-5,8,11-13,19,21H,6-7,9-10,14-15H2,(H,32,38)(H,33,39)(H,36,37)/b5-4+. The number of carboxylic acid groups (broad SMARTS) is 1. The van der Waals surface area contributed by atoms with Crippen molar-refractivity contribution in [2.24, 2.45) is 5.92 Å². The van der Waals surface area contributed by atoms with Gasteiger partial charge >= 0.3 is 5.97 Å². The van der Waals surface area contributed by atoms with Crippen molar-refractivity contribution in [1.29, 1.82) is 0 Å². The molecule has 3 N–H and O–H groups in total. The molecule has 1 fully saturated rings. The second-order valence-electron chi connectivity index (χ2n) is 9.39. The number of thiophene rings is 1. The van der Waals surface area contributed by atoms with E-state index in [1.165, 1.54) is 23.5 Å². The normalized spacial score (nSPS) is 14.8. The Kier molecular flexibility index (Phi) is 10.1. The summed E-state index contributed by atoms with van der Waals surface area (Å²) < 4.78 is 0.897. The van der Waals surface area contributed by atoms with Crippen LogP contribution in [0.4, 0.5) is 0 Å². The summed E-state index contributed by atoms with van der Waals surface area (Å²) in [5.41, 5.74) is 0.963. The molecule has 1 aliphatic heterocycles. The van der Waals surface area contributed by atoms with Gasteiger partial charge in [-0.15, -0.1) is 11.3 Å². The van der Waals surface area contributed by atoms with Crippen LogP contribution in [0, 0.1) is 5.92 Å². The highest BCUT2D eigenvalue weighted by molar-refractivity contribution is 7.18. The van der Waals surface area contributed by atoms with Gasteiger partial charge in [0.25, 0.3) is 5.91 Å². The van der Waals surface area contributed by atoms with Crippen LogP contribution in [0.3, 0.4) is 0 Å². The number of amides is 3. The van der Waals surface area contributed by atoms with Gasteiger partial charge in [0.2, 0.25) is 11.8 Å². The van der Waals surface area contributed by atoms with Crippen LogP contribution in [0.1, 0.15) is 35.2 Å². The Labute approximate surface area is 249 Å². The monoisotopic (exact) mass is 621 g/mol. The molecule has 1 aliphatic rings. The lowest BCUT2D eigenvalue weighted by atomic mass is 10.0. The molecular weight excluding hydrogens is 597 g/mol. The van der Waals surface area contributed by atoms with E-state index in [1.807, 2.05) is 17.5 Å². The lowest BCUT2D eigenvalue weighted by molar-refractivity contribution is -0.141. The molecule has 0 bridgehead atoms. The van der Waals surface area contributed by atoms with Gasteiger partial charge in [-0.3, -0.25) is 19.2 Å². The van der Waals surface area contributed by atoms with Crippen LogP contribution in [0.25, 0.3) is 16.2 Å². The number of aliphatic carboxylic acids is 1. The molecule has 3 aromatic rings. The highest BCUT2D eigenvalue weighted by atomic mass is 35.5. The summed E-state index contributed by atoms with van der Waals surface area (Å²) >= 11 is 20.2. The van der Waals surface area contributed by atoms with Crippen LogP contribution in [0.2, 0.25) is 15.1 Å². The van der Waals surface area contributed by atoms with Gasteiger partial charge in [-0.1, -0.05) is 40.9 Å². The van der Waals surface area contributed by atoms with E-state index < -0.39 is 30.1 Å². The molecule has 1 aromatic heterocycles. The van der Waals surface area contributed by atoms with Crippen LogP contribution < -0.4 is 10.6 Å². The van der Waals surface area contributed by atoms with Gasteiger partial charge in [-0.2, -0.15) is 0 Å². The highest BCUT2D eigenvalue weighted by Crippen LogP contribution is 2.37. The number of halogens is 3. The molecule has 0 saturated carbocycles. The molecule has 1 unspecified atom stereocenters. The third-order valence-corrected chi connectivity index (χ3v) is 8.78. The Hall–Kier alpha value is -3.11. The summed E-state index contributed by atoms with van der Waals surface area (Å²) in [6, 6.07) is 9.91. The maximum absolute atomic E-state index is 12.9. The zero-order valence-corrected chi connectivity index (χ0v) is 24.2. The first-order valence-corrected chi connectivity index (χ1v) is 14.5. The van der Waals surface area contributed by atoms with Crippen LogP contribution in [0.5, 0.6) is 0 Å². The van der Waals surface area contributed by atoms with Gasteiger partial charge in [-0.25, -0.2) is 0 Å². The second kappa shape index (κ2) is 13.5. The third kappa shape index (κ3) is 7.54. The molecular formula is C28H26Cl3N3O5S. The average Bonchev–Trinajstić information content (AvgIpc) is 3.41. The SMILES string of the molecule is O=C(O)CC(CNC(=O)c1cccc(Cl)c1)C(=O)NC1CCN(C(=O)/C=C/c2cc3ccsc3c(Cl)c2Cl)CC1. The molecule has 0 radical (unpaired) electrons. The summed E-state index contributed by atoms with van der Waals surface area (Å²) in [6.07, 6.45) is 3.68. The summed E-state index contributed by atoms with van der Waals surface area (Å²) in [7, 11) is 0. The van der Waals surface area contributed by atoms with E-state index in [2.05, 4.69) is 10.6 Å². The van der Waals surface area contributed by atoms with Gasteiger partial charge in [0.1, 0.15) is 0 Å². The Bertz CT molecular complexity index is 1470. The Morgan fingerprint density at radius 1 is 1.07 bits per heavy atom. The first kappa shape index (κ1) is 29.9. The molecule has 12 heteroatoms. The number of benzene rings is 2. The largest absolute Gasteiger partial charge is 0.481 e. The number of fused-ring (bicyclic) bond motifs is 1. The smallest absolute Gasteiger partial charge is 0.304 e. The summed E-state index contributed by atoms with van der Waals surface area (Å²) in [5, 5.41) is 18.9. The van der Waals surface area contributed by atoms with Gasteiger partial charge in [-0.05, 0) is 65.6 Å². The minimum absolute atomic E-state index is 0.143. The quantitative estimate of drug-likeness (QED) is 0.273. The number of hydrogen-bond donors (Lipinski definition) is 3. The maximum atomic E-state index is 12.9. The average molecular weight is 623 g/mol. The first-order chi connectivity index (χ1) is 19.1. The van der Waals surface area contributed by atoms with Crippen molar-refractivity contribution in [1.82, 2.24) is 15.5 Å². The third-order valence-electron chi connectivity index (χ3n) is 6.60. The highest BCUT2D eigenvalue weighted by Gasteiger charge is 2.28. The van der Waals surface area contributed by atoms with E-state index in [4.69, 9.17) is 34.8 Å². The van der Waals surface area contributed by atoms with Crippen molar-refractivity contribution < 1.29 is 24.3 Å². The van der Waals surface area contributed by atoms with Crippen molar-refractivity contribution in [3.8, 4) is 0 Å². The number of nitrogens with zero attached hydrogens (tertiary/aromatic N) is 1. The number of nitrogens with one attached hydrogen (secondary N) is 2. The molecule has 1 saturated heterocycles. The summed E-state index contributed by atoms with van der Waals surface area (Å²) in [4.78, 5) is 51.1. The predicted molar refractivity (Wildman–Crippen MR) is 158 cm³/mol. The van der Waals surface area contributed by atoms with E-state index in [1.54, 1.807) is 29.2 Å². The minimum Gasteiger partial charge on any atom is -0.481 e. The van der Waals surface area contributed by atoms with Gasteiger partial charge < -0.3 is 20.6 Å². The zero-order chi connectivity index (χ0) is 28.8. The second-order valence-corrected chi connectivity index (χ2v) is 11.5. The fraction of sp³-hybridized carbons (Fsp3) is 0.286. The lowest BCUT2D eigenvalue weighted by Crippen LogP contribution is -2.49. The number of carbonyl (C=O) groups is 4. The van der Waals surface area contributed by atoms with Crippen molar-refractivity contribution in [2.45, 2.75) is 25.3 Å². The predicted octanol–water partition coefficient (Wildman–Crippen LogP) is 5.50. The minimum atomic E-state index is -1.15. The molecule has 4 rings (SSSR count). The van der Waals surface area contributed by atoms with E-state index in [9.17, 15) is 24.3 Å². The van der Waals surface area contributed by atoms with Gasteiger partial charge in [0.05, 0.1) is 27.1 Å². The lowest BCUT2D eigenvalue weighted by Gasteiger charge is -2.32. The Balaban J connectivity index is 1.29. The Morgan fingerprint density at radius 3 is 2.52 bits per heavy atom. The zero-order valence-electron chi connectivity index (χ0n) is 21.2. The Morgan fingerprint density at radius 2 is 1.82 bits per heavy atom.